The second kappa shape index (κ2) is 7.34. The number of hydrogen-bond donors (Lipinski definition) is 1. The molecule has 0 radical (unpaired) electrons. The zero-order valence-corrected chi connectivity index (χ0v) is 14.9. The van der Waals surface area contributed by atoms with Crippen LogP contribution in [-0.2, 0) is 6.54 Å². The van der Waals surface area contributed by atoms with Crippen LogP contribution < -0.4 is 10.2 Å². The van der Waals surface area contributed by atoms with Gasteiger partial charge in [-0.25, -0.2) is 9.97 Å². The number of hydrogen-bond acceptors (Lipinski definition) is 4. The molecule has 130 valence electrons. The molecule has 1 amide bonds. The molecular weight excluding hydrogens is 314 g/mol. The summed E-state index contributed by atoms with van der Waals surface area (Å²) in [6, 6.07) is 11.7. The Labute approximate surface area is 147 Å². The Morgan fingerprint density at radius 2 is 2.00 bits per heavy atom. The van der Waals surface area contributed by atoms with E-state index in [9.17, 15) is 4.79 Å². The number of fused-ring (bicyclic) bond motifs is 1. The number of aromatic nitrogens is 3. The van der Waals surface area contributed by atoms with Crippen molar-refractivity contribution in [3.8, 4) is 0 Å². The molecule has 2 aromatic heterocycles. The average Bonchev–Trinajstić information content (AvgIpc) is 2.93. The molecule has 1 N–H and O–H groups in total. The minimum Gasteiger partial charge on any atom is -0.362 e. The van der Waals surface area contributed by atoms with E-state index < -0.39 is 0 Å². The molecule has 3 aromatic rings. The van der Waals surface area contributed by atoms with Gasteiger partial charge in [-0.3, -0.25) is 4.79 Å². The van der Waals surface area contributed by atoms with Crippen LogP contribution >= 0.6 is 0 Å². The molecule has 0 saturated heterocycles. The monoisotopic (exact) mass is 337 g/mol. The summed E-state index contributed by atoms with van der Waals surface area (Å²) in [5, 5.41) is 2.98. The standard InChI is InChI=1S/C19H23N5O/c1-14-22-16-9-4-5-10-17(16)24(14)13-7-12-21-19(25)15-8-6-11-20-18(15)23(2)3/h4-6,8-11H,7,12-13H2,1-3H3,(H,21,25). The summed E-state index contributed by atoms with van der Waals surface area (Å²) in [5.74, 6) is 1.58. The second-order valence-corrected chi connectivity index (χ2v) is 6.18. The van der Waals surface area contributed by atoms with Crippen molar-refractivity contribution in [2.24, 2.45) is 0 Å². The number of anilines is 1. The highest BCUT2D eigenvalue weighted by Gasteiger charge is 2.13. The van der Waals surface area contributed by atoms with Crippen LogP contribution in [0.15, 0.2) is 42.6 Å². The molecule has 3 rings (SSSR count). The maximum absolute atomic E-state index is 12.4. The summed E-state index contributed by atoms with van der Waals surface area (Å²) in [6.07, 6.45) is 2.53. The second-order valence-electron chi connectivity index (χ2n) is 6.18. The van der Waals surface area contributed by atoms with Crippen molar-refractivity contribution in [3.05, 3.63) is 54.0 Å². The summed E-state index contributed by atoms with van der Waals surface area (Å²) >= 11 is 0. The number of rotatable bonds is 6. The Morgan fingerprint density at radius 3 is 2.80 bits per heavy atom. The molecule has 0 bridgehead atoms. The molecule has 0 aliphatic carbocycles. The first-order valence-corrected chi connectivity index (χ1v) is 8.40. The van der Waals surface area contributed by atoms with Gasteiger partial charge in [-0.15, -0.1) is 0 Å². The summed E-state index contributed by atoms with van der Waals surface area (Å²) in [4.78, 5) is 23.1. The summed E-state index contributed by atoms with van der Waals surface area (Å²) < 4.78 is 2.19. The molecule has 25 heavy (non-hydrogen) atoms. The maximum atomic E-state index is 12.4. The fourth-order valence-corrected chi connectivity index (χ4v) is 2.94. The van der Waals surface area contributed by atoms with Crippen molar-refractivity contribution in [1.82, 2.24) is 19.9 Å². The minimum atomic E-state index is -0.0935. The van der Waals surface area contributed by atoms with Crippen molar-refractivity contribution in [3.63, 3.8) is 0 Å². The highest BCUT2D eigenvalue weighted by Crippen LogP contribution is 2.16. The highest BCUT2D eigenvalue weighted by molar-refractivity contribution is 5.98. The van der Waals surface area contributed by atoms with E-state index in [1.807, 2.05) is 44.1 Å². The van der Waals surface area contributed by atoms with Gasteiger partial charge in [0.05, 0.1) is 16.6 Å². The predicted molar refractivity (Wildman–Crippen MR) is 100.0 cm³/mol. The van der Waals surface area contributed by atoms with E-state index in [-0.39, 0.29) is 5.91 Å². The highest BCUT2D eigenvalue weighted by atomic mass is 16.1. The Kier molecular flexibility index (Phi) is 4.97. The lowest BCUT2D eigenvalue weighted by Gasteiger charge is -2.15. The normalized spacial score (nSPS) is 10.8. The van der Waals surface area contributed by atoms with E-state index in [0.29, 0.717) is 17.9 Å². The first kappa shape index (κ1) is 17.0. The Bertz CT molecular complexity index is 884. The van der Waals surface area contributed by atoms with Crippen LogP contribution in [-0.4, -0.2) is 41.1 Å². The van der Waals surface area contributed by atoms with Crippen LogP contribution in [0.3, 0.4) is 0 Å². The molecule has 0 fully saturated rings. The van der Waals surface area contributed by atoms with Crippen LogP contribution in [0.1, 0.15) is 22.6 Å². The lowest BCUT2D eigenvalue weighted by atomic mass is 10.2. The van der Waals surface area contributed by atoms with E-state index in [2.05, 4.69) is 25.9 Å². The minimum absolute atomic E-state index is 0.0935. The predicted octanol–water partition coefficient (Wildman–Crippen LogP) is 2.63. The van der Waals surface area contributed by atoms with Crippen molar-refractivity contribution < 1.29 is 4.79 Å². The van der Waals surface area contributed by atoms with Crippen LogP contribution in [0.4, 0.5) is 5.82 Å². The molecule has 0 unspecified atom stereocenters. The summed E-state index contributed by atoms with van der Waals surface area (Å²) in [5.41, 5.74) is 2.74. The molecule has 0 aliphatic rings. The fourth-order valence-electron chi connectivity index (χ4n) is 2.94. The quantitative estimate of drug-likeness (QED) is 0.702. The van der Waals surface area contributed by atoms with E-state index in [1.165, 1.54) is 0 Å². The van der Waals surface area contributed by atoms with Gasteiger partial charge in [0.25, 0.3) is 5.91 Å². The number of para-hydroxylation sites is 2. The number of carbonyl (C=O) groups is 1. The first-order chi connectivity index (χ1) is 12.1. The van der Waals surface area contributed by atoms with Crippen molar-refractivity contribution in [1.29, 1.82) is 0 Å². The number of benzene rings is 1. The number of nitrogens with zero attached hydrogens (tertiary/aromatic N) is 4. The van der Waals surface area contributed by atoms with Gasteiger partial charge in [0.2, 0.25) is 0 Å². The number of imidazole rings is 1. The van der Waals surface area contributed by atoms with Crippen molar-refractivity contribution in [2.75, 3.05) is 25.5 Å². The van der Waals surface area contributed by atoms with Gasteiger partial charge in [0.1, 0.15) is 11.6 Å². The van der Waals surface area contributed by atoms with E-state index in [1.54, 1.807) is 18.3 Å². The van der Waals surface area contributed by atoms with Gasteiger partial charge < -0.3 is 14.8 Å². The lowest BCUT2D eigenvalue weighted by molar-refractivity contribution is 0.0953. The van der Waals surface area contributed by atoms with Crippen molar-refractivity contribution in [2.45, 2.75) is 19.9 Å². The lowest BCUT2D eigenvalue weighted by Crippen LogP contribution is -2.27. The molecule has 0 spiro atoms. The zero-order valence-electron chi connectivity index (χ0n) is 14.9. The van der Waals surface area contributed by atoms with Gasteiger partial charge in [-0.2, -0.15) is 0 Å². The van der Waals surface area contributed by atoms with Gasteiger partial charge in [-0.05, 0) is 37.6 Å². The number of carbonyl (C=O) groups excluding carboxylic acids is 1. The van der Waals surface area contributed by atoms with E-state index >= 15 is 0 Å². The average molecular weight is 337 g/mol. The zero-order chi connectivity index (χ0) is 17.8. The van der Waals surface area contributed by atoms with Crippen LogP contribution in [0.25, 0.3) is 11.0 Å². The maximum Gasteiger partial charge on any atom is 0.255 e. The van der Waals surface area contributed by atoms with E-state index in [0.717, 1.165) is 29.8 Å². The topological polar surface area (TPSA) is 63.1 Å². The largest absolute Gasteiger partial charge is 0.362 e. The first-order valence-electron chi connectivity index (χ1n) is 8.40. The third kappa shape index (κ3) is 3.63. The number of nitrogens with one attached hydrogen (secondary N) is 1. The number of aryl methyl sites for hydroxylation is 2. The SMILES string of the molecule is Cc1nc2ccccc2n1CCCNC(=O)c1cccnc1N(C)C. The molecule has 6 nitrogen and oxygen atoms in total. The third-order valence-corrected chi connectivity index (χ3v) is 4.14. The van der Waals surface area contributed by atoms with Gasteiger partial charge >= 0.3 is 0 Å². The van der Waals surface area contributed by atoms with E-state index in [4.69, 9.17) is 0 Å². The van der Waals surface area contributed by atoms with Gasteiger partial charge in [0.15, 0.2) is 0 Å². The Hall–Kier alpha value is -2.89. The Balaban J connectivity index is 1.60. The molecule has 0 aliphatic heterocycles. The van der Waals surface area contributed by atoms with Crippen LogP contribution in [0.2, 0.25) is 0 Å². The summed E-state index contributed by atoms with van der Waals surface area (Å²) in [7, 11) is 3.76. The van der Waals surface area contributed by atoms with Crippen LogP contribution in [0.5, 0.6) is 0 Å². The number of amides is 1. The molecule has 0 atom stereocenters. The Morgan fingerprint density at radius 1 is 1.20 bits per heavy atom. The molecular formula is C19H23N5O. The van der Waals surface area contributed by atoms with Crippen LogP contribution in [0, 0.1) is 6.92 Å². The fraction of sp³-hybridized carbons (Fsp3) is 0.316. The number of pyridine rings is 1. The van der Waals surface area contributed by atoms with Gasteiger partial charge in [0, 0.05) is 33.4 Å². The third-order valence-electron chi connectivity index (χ3n) is 4.14. The van der Waals surface area contributed by atoms with Crippen molar-refractivity contribution >= 4 is 22.8 Å². The molecule has 1 aromatic carbocycles. The summed E-state index contributed by atoms with van der Waals surface area (Å²) in [6.45, 7) is 3.43. The molecule has 6 heteroatoms. The molecule has 0 saturated carbocycles. The smallest absolute Gasteiger partial charge is 0.255 e. The van der Waals surface area contributed by atoms with Gasteiger partial charge in [-0.1, -0.05) is 12.1 Å². The molecule has 2 heterocycles.